The standard InChI is InChI=1S/C18H19N3O/c1-21-13-20-16-9-8-14(10-17(16)21)11-19-12-18(22-2)15-6-4-3-5-7-15/h3-11,13,18H,12H2,1-2H3. The van der Waals surface area contributed by atoms with Crippen LogP contribution >= 0.6 is 0 Å². The molecule has 0 spiro atoms. The zero-order valence-corrected chi connectivity index (χ0v) is 12.8. The third kappa shape index (κ3) is 3.07. The Labute approximate surface area is 130 Å². The molecule has 0 saturated heterocycles. The van der Waals surface area contributed by atoms with Crippen molar-refractivity contribution in [3.63, 3.8) is 0 Å². The molecular weight excluding hydrogens is 274 g/mol. The van der Waals surface area contributed by atoms with Crippen LogP contribution in [0.3, 0.4) is 0 Å². The summed E-state index contributed by atoms with van der Waals surface area (Å²) < 4.78 is 7.53. The number of nitrogens with zero attached hydrogens (tertiary/aromatic N) is 3. The molecule has 3 rings (SSSR count). The Morgan fingerprint density at radius 1 is 1.23 bits per heavy atom. The molecule has 22 heavy (non-hydrogen) atoms. The molecule has 0 aliphatic heterocycles. The Bertz CT molecular complexity index is 777. The molecule has 1 heterocycles. The fourth-order valence-electron chi connectivity index (χ4n) is 2.46. The van der Waals surface area contributed by atoms with Gasteiger partial charge in [0.1, 0.15) is 6.10 Å². The van der Waals surface area contributed by atoms with Crippen LogP contribution in [0.5, 0.6) is 0 Å². The first-order valence-corrected chi connectivity index (χ1v) is 7.26. The van der Waals surface area contributed by atoms with E-state index in [4.69, 9.17) is 4.74 Å². The van der Waals surface area contributed by atoms with E-state index in [-0.39, 0.29) is 6.10 Å². The molecule has 0 saturated carbocycles. The summed E-state index contributed by atoms with van der Waals surface area (Å²) in [5.74, 6) is 0. The number of rotatable bonds is 5. The van der Waals surface area contributed by atoms with E-state index < -0.39 is 0 Å². The average molecular weight is 293 g/mol. The summed E-state index contributed by atoms with van der Waals surface area (Å²) in [6, 6.07) is 16.3. The first-order valence-electron chi connectivity index (χ1n) is 7.26. The van der Waals surface area contributed by atoms with Gasteiger partial charge in [0.05, 0.1) is 23.9 Å². The second kappa shape index (κ2) is 6.54. The van der Waals surface area contributed by atoms with Crippen molar-refractivity contribution in [3.8, 4) is 0 Å². The average Bonchev–Trinajstić information content (AvgIpc) is 2.93. The third-order valence-electron chi connectivity index (χ3n) is 3.72. The lowest BCUT2D eigenvalue weighted by Gasteiger charge is -2.12. The number of aromatic nitrogens is 2. The number of fused-ring (bicyclic) bond motifs is 1. The van der Waals surface area contributed by atoms with Crippen molar-refractivity contribution in [3.05, 3.63) is 66.0 Å². The minimum atomic E-state index is -0.0158. The predicted octanol–water partition coefficient (Wildman–Crippen LogP) is 3.38. The van der Waals surface area contributed by atoms with Gasteiger partial charge in [0, 0.05) is 20.4 Å². The summed E-state index contributed by atoms with van der Waals surface area (Å²) in [4.78, 5) is 8.85. The lowest BCUT2D eigenvalue weighted by atomic mass is 10.1. The highest BCUT2D eigenvalue weighted by atomic mass is 16.5. The minimum absolute atomic E-state index is 0.0158. The van der Waals surface area contributed by atoms with Gasteiger partial charge in [-0.05, 0) is 23.3 Å². The molecule has 3 aromatic rings. The maximum Gasteiger partial charge on any atom is 0.102 e. The number of hydrogen-bond acceptors (Lipinski definition) is 3. The first kappa shape index (κ1) is 14.5. The van der Waals surface area contributed by atoms with Crippen LogP contribution < -0.4 is 0 Å². The fraction of sp³-hybridized carbons (Fsp3) is 0.222. The van der Waals surface area contributed by atoms with Crippen molar-refractivity contribution < 1.29 is 4.74 Å². The maximum absolute atomic E-state index is 5.52. The van der Waals surface area contributed by atoms with Gasteiger partial charge in [0.25, 0.3) is 0 Å². The molecule has 0 radical (unpaired) electrons. The van der Waals surface area contributed by atoms with E-state index in [1.807, 2.05) is 54.5 Å². The van der Waals surface area contributed by atoms with E-state index in [9.17, 15) is 0 Å². The second-order valence-electron chi connectivity index (χ2n) is 5.23. The van der Waals surface area contributed by atoms with Crippen molar-refractivity contribution in [2.75, 3.05) is 13.7 Å². The molecule has 1 unspecified atom stereocenters. The van der Waals surface area contributed by atoms with Crippen molar-refractivity contribution >= 4 is 17.2 Å². The topological polar surface area (TPSA) is 39.4 Å². The molecule has 4 nitrogen and oxygen atoms in total. The molecule has 1 atom stereocenters. The van der Waals surface area contributed by atoms with Gasteiger partial charge in [-0.15, -0.1) is 0 Å². The summed E-state index contributed by atoms with van der Waals surface area (Å²) in [5.41, 5.74) is 4.32. The Hall–Kier alpha value is -2.46. The number of aliphatic imine (C=N–C) groups is 1. The highest BCUT2D eigenvalue weighted by molar-refractivity contribution is 5.87. The third-order valence-corrected chi connectivity index (χ3v) is 3.72. The predicted molar refractivity (Wildman–Crippen MR) is 89.4 cm³/mol. The van der Waals surface area contributed by atoms with Crippen LogP contribution in [-0.2, 0) is 11.8 Å². The van der Waals surface area contributed by atoms with Crippen molar-refractivity contribution in [2.45, 2.75) is 6.10 Å². The Morgan fingerprint density at radius 3 is 2.82 bits per heavy atom. The highest BCUT2D eigenvalue weighted by Gasteiger charge is 2.08. The fourth-order valence-corrected chi connectivity index (χ4v) is 2.46. The number of methoxy groups -OCH3 is 1. The molecule has 4 heteroatoms. The van der Waals surface area contributed by atoms with Gasteiger partial charge >= 0.3 is 0 Å². The SMILES string of the molecule is COC(CN=Cc1ccc2ncn(C)c2c1)c1ccccc1. The molecule has 2 aromatic carbocycles. The largest absolute Gasteiger partial charge is 0.375 e. The lowest BCUT2D eigenvalue weighted by molar-refractivity contribution is 0.111. The minimum Gasteiger partial charge on any atom is -0.375 e. The van der Waals surface area contributed by atoms with Gasteiger partial charge in [-0.1, -0.05) is 36.4 Å². The molecule has 0 bridgehead atoms. The van der Waals surface area contributed by atoms with Crippen molar-refractivity contribution in [1.82, 2.24) is 9.55 Å². The molecule has 0 amide bonds. The summed E-state index contributed by atoms with van der Waals surface area (Å²) in [6.45, 7) is 0.601. The Morgan fingerprint density at radius 2 is 2.05 bits per heavy atom. The zero-order chi connectivity index (χ0) is 15.4. The van der Waals surface area contributed by atoms with E-state index in [1.54, 1.807) is 7.11 Å². The maximum atomic E-state index is 5.52. The quantitative estimate of drug-likeness (QED) is 0.676. The normalized spacial score (nSPS) is 13.0. The summed E-state index contributed by atoms with van der Waals surface area (Å²) in [6.07, 6.45) is 3.70. The van der Waals surface area contributed by atoms with Crippen LogP contribution in [0.1, 0.15) is 17.2 Å². The van der Waals surface area contributed by atoms with Crippen molar-refractivity contribution in [2.24, 2.45) is 12.0 Å². The van der Waals surface area contributed by atoms with Crippen LogP contribution in [-0.4, -0.2) is 29.4 Å². The van der Waals surface area contributed by atoms with Crippen LogP contribution in [0.4, 0.5) is 0 Å². The van der Waals surface area contributed by atoms with E-state index in [0.717, 1.165) is 22.2 Å². The molecule has 0 aliphatic carbocycles. The molecule has 0 N–H and O–H groups in total. The summed E-state index contributed by atoms with van der Waals surface area (Å²) in [7, 11) is 3.71. The van der Waals surface area contributed by atoms with Gasteiger partial charge < -0.3 is 9.30 Å². The summed E-state index contributed by atoms with van der Waals surface area (Å²) >= 11 is 0. The number of imidazole rings is 1. The van der Waals surface area contributed by atoms with Gasteiger partial charge in [-0.3, -0.25) is 4.99 Å². The number of aryl methyl sites for hydroxylation is 1. The van der Waals surface area contributed by atoms with E-state index >= 15 is 0 Å². The Balaban J connectivity index is 1.73. The lowest BCUT2D eigenvalue weighted by Crippen LogP contribution is -2.05. The number of benzene rings is 2. The number of hydrogen-bond donors (Lipinski definition) is 0. The Kier molecular flexibility index (Phi) is 4.30. The van der Waals surface area contributed by atoms with E-state index in [2.05, 4.69) is 28.2 Å². The highest BCUT2D eigenvalue weighted by Crippen LogP contribution is 2.17. The van der Waals surface area contributed by atoms with Crippen LogP contribution in [0, 0.1) is 0 Å². The van der Waals surface area contributed by atoms with E-state index in [1.165, 1.54) is 0 Å². The monoisotopic (exact) mass is 293 g/mol. The van der Waals surface area contributed by atoms with Crippen molar-refractivity contribution in [1.29, 1.82) is 0 Å². The summed E-state index contributed by atoms with van der Waals surface area (Å²) in [5, 5.41) is 0. The molecule has 0 aliphatic rings. The molecule has 0 fully saturated rings. The van der Waals surface area contributed by atoms with E-state index in [0.29, 0.717) is 6.54 Å². The number of ether oxygens (including phenoxy) is 1. The molecule has 112 valence electrons. The molecular formula is C18H19N3O. The second-order valence-corrected chi connectivity index (χ2v) is 5.23. The van der Waals surface area contributed by atoms with Crippen LogP contribution in [0.25, 0.3) is 11.0 Å². The van der Waals surface area contributed by atoms with Crippen LogP contribution in [0.15, 0.2) is 59.9 Å². The van der Waals surface area contributed by atoms with Gasteiger partial charge in [-0.25, -0.2) is 4.98 Å². The van der Waals surface area contributed by atoms with Gasteiger partial charge in [-0.2, -0.15) is 0 Å². The van der Waals surface area contributed by atoms with Gasteiger partial charge in [0.2, 0.25) is 0 Å². The van der Waals surface area contributed by atoms with Crippen LogP contribution in [0.2, 0.25) is 0 Å². The smallest absolute Gasteiger partial charge is 0.102 e. The molecule has 1 aromatic heterocycles. The van der Waals surface area contributed by atoms with Gasteiger partial charge in [0.15, 0.2) is 0 Å². The first-order chi connectivity index (χ1) is 10.8. The zero-order valence-electron chi connectivity index (χ0n) is 12.8.